The molecule has 1 spiro atoms. The lowest BCUT2D eigenvalue weighted by Crippen LogP contribution is -2.54. The predicted octanol–water partition coefficient (Wildman–Crippen LogP) is -0.0837. The highest BCUT2D eigenvalue weighted by atomic mass is 16.2. The zero-order valence-corrected chi connectivity index (χ0v) is 9.90. The quantitative estimate of drug-likeness (QED) is 0.680. The van der Waals surface area contributed by atoms with Gasteiger partial charge in [0.25, 0.3) is 5.91 Å². The van der Waals surface area contributed by atoms with Gasteiger partial charge in [0.2, 0.25) is 0 Å². The first kappa shape index (κ1) is 11.9. The molecule has 0 aromatic carbocycles. The number of nitrogens with one attached hydrogen (secondary N) is 1. The molecule has 2 heterocycles. The third-order valence-corrected chi connectivity index (χ3v) is 3.53. The Hall–Kier alpha value is -1.61. The summed E-state index contributed by atoms with van der Waals surface area (Å²) in [7, 11) is 2.00. The Morgan fingerprint density at radius 1 is 1.41 bits per heavy atom. The Bertz CT molecular complexity index is 379. The van der Waals surface area contributed by atoms with Crippen LogP contribution in [0.4, 0.5) is 4.79 Å². The molecule has 92 valence electrons. The van der Waals surface area contributed by atoms with Gasteiger partial charge in [-0.05, 0) is 19.9 Å². The van der Waals surface area contributed by atoms with Crippen LogP contribution < -0.4 is 5.32 Å². The van der Waals surface area contributed by atoms with Gasteiger partial charge in [-0.1, -0.05) is 0 Å². The molecular formula is C11H16N4O2. The molecule has 0 aromatic rings. The summed E-state index contributed by atoms with van der Waals surface area (Å²) >= 11 is 0. The zero-order valence-electron chi connectivity index (χ0n) is 9.90. The van der Waals surface area contributed by atoms with Gasteiger partial charge in [0, 0.05) is 19.6 Å². The summed E-state index contributed by atoms with van der Waals surface area (Å²) in [5, 5.41) is 11.3. The number of imide groups is 1. The molecule has 2 fully saturated rings. The number of hydrogen-bond acceptors (Lipinski definition) is 4. The fraction of sp³-hybridized carbons (Fsp3) is 0.727. The summed E-state index contributed by atoms with van der Waals surface area (Å²) in [6.07, 6.45) is 1.49. The third kappa shape index (κ3) is 1.98. The van der Waals surface area contributed by atoms with E-state index in [1.165, 1.54) is 4.90 Å². The van der Waals surface area contributed by atoms with Crippen molar-refractivity contribution in [2.45, 2.75) is 24.8 Å². The van der Waals surface area contributed by atoms with Crippen LogP contribution in [0.1, 0.15) is 19.3 Å². The minimum atomic E-state index is -0.709. The highest BCUT2D eigenvalue weighted by molar-refractivity contribution is 6.07. The van der Waals surface area contributed by atoms with Crippen molar-refractivity contribution in [1.29, 1.82) is 5.26 Å². The number of amides is 3. The second kappa shape index (κ2) is 4.34. The first-order valence-corrected chi connectivity index (χ1v) is 5.79. The first-order chi connectivity index (χ1) is 8.09. The molecule has 0 radical (unpaired) electrons. The third-order valence-electron chi connectivity index (χ3n) is 3.53. The molecule has 0 saturated carbocycles. The summed E-state index contributed by atoms with van der Waals surface area (Å²) < 4.78 is 0. The maximum atomic E-state index is 12.2. The van der Waals surface area contributed by atoms with E-state index in [4.69, 9.17) is 5.26 Å². The zero-order chi connectivity index (χ0) is 12.5. The maximum Gasteiger partial charge on any atom is 0.325 e. The lowest BCUT2D eigenvalue weighted by atomic mass is 9.88. The average Bonchev–Trinajstić information content (AvgIpc) is 2.54. The van der Waals surface area contributed by atoms with Crippen molar-refractivity contribution in [3.63, 3.8) is 0 Å². The monoisotopic (exact) mass is 236 g/mol. The maximum absolute atomic E-state index is 12.2. The van der Waals surface area contributed by atoms with Crippen LogP contribution in [-0.4, -0.2) is 54.0 Å². The molecule has 2 saturated heterocycles. The second-order valence-corrected chi connectivity index (χ2v) is 4.68. The Morgan fingerprint density at radius 3 is 2.65 bits per heavy atom. The minimum Gasteiger partial charge on any atom is -0.323 e. The summed E-state index contributed by atoms with van der Waals surface area (Å²) in [6, 6.07) is 1.60. The second-order valence-electron chi connectivity index (χ2n) is 4.68. The van der Waals surface area contributed by atoms with Crippen LogP contribution in [-0.2, 0) is 4.79 Å². The van der Waals surface area contributed by atoms with Gasteiger partial charge in [0.1, 0.15) is 5.54 Å². The number of hydrogen-bond donors (Lipinski definition) is 1. The van der Waals surface area contributed by atoms with E-state index in [2.05, 4.69) is 10.2 Å². The average molecular weight is 236 g/mol. The van der Waals surface area contributed by atoms with Crippen molar-refractivity contribution in [3.8, 4) is 6.07 Å². The number of nitrogens with zero attached hydrogens (tertiary/aromatic N) is 3. The lowest BCUT2D eigenvalue weighted by Gasteiger charge is -2.35. The number of carbonyl (C=O) groups excluding carboxylic acids is 2. The van der Waals surface area contributed by atoms with Crippen LogP contribution in [0.15, 0.2) is 0 Å². The van der Waals surface area contributed by atoms with Gasteiger partial charge in [-0.2, -0.15) is 5.26 Å². The molecule has 2 aliphatic rings. The Labute approximate surface area is 100 Å². The van der Waals surface area contributed by atoms with Crippen molar-refractivity contribution in [1.82, 2.24) is 15.1 Å². The molecule has 0 unspecified atom stereocenters. The van der Waals surface area contributed by atoms with Gasteiger partial charge in [0.15, 0.2) is 0 Å². The number of urea groups is 1. The molecule has 0 aliphatic carbocycles. The Morgan fingerprint density at radius 2 is 2.06 bits per heavy atom. The summed E-state index contributed by atoms with van der Waals surface area (Å²) in [6.45, 7) is 1.80. The lowest BCUT2D eigenvalue weighted by molar-refractivity contribution is -0.132. The fourth-order valence-corrected chi connectivity index (χ4v) is 2.38. The summed E-state index contributed by atoms with van der Waals surface area (Å²) in [5.41, 5.74) is -0.709. The van der Waals surface area contributed by atoms with Crippen LogP contribution in [0.3, 0.4) is 0 Å². The molecule has 2 rings (SSSR count). The largest absolute Gasteiger partial charge is 0.325 e. The molecule has 3 amide bonds. The SMILES string of the molecule is CN1CCC2(CC1)NC(=O)N(CCC#N)C2=O. The highest BCUT2D eigenvalue weighted by Gasteiger charge is 2.51. The number of rotatable bonds is 2. The van der Waals surface area contributed by atoms with Crippen molar-refractivity contribution < 1.29 is 9.59 Å². The fourth-order valence-electron chi connectivity index (χ4n) is 2.38. The molecule has 0 aromatic heterocycles. The van der Waals surface area contributed by atoms with Crippen molar-refractivity contribution in [3.05, 3.63) is 0 Å². The van der Waals surface area contributed by atoms with E-state index < -0.39 is 5.54 Å². The van der Waals surface area contributed by atoms with Crippen LogP contribution in [0.5, 0.6) is 0 Å². The molecule has 17 heavy (non-hydrogen) atoms. The minimum absolute atomic E-state index is 0.161. The number of nitriles is 1. The van der Waals surface area contributed by atoms with Crippen molar-refractivity contribution >= 4 is 11.9 Å². The Kier molecular flexibility index (Phi) is 3.03. The highest BCUT2D eigenvalue weighted by Crippen LogP contribution is 2.28. The molecule has 6 nitrogen and oxygen atoms in total. The standard InChI is InChI=1S/C11H16N4O2/c1-14-7-3-11(4-8-14)9(16)15(6-2-5-12)10(17)13-11/h2-4,6-8H2,1H3,(H,13,17). The van der Waals surface area contributed by atoms with Gasteiger partial charge < -0.3 is 10.2 Å². The normalized spacial score (nSPS) is 23.9. The van der Waals surface area contributed by atoms with E-state index in [0.717, 1.165) is 13.1 Å². The molecule has 0 bridgehead atoms. The summed E-state index contributed by atoms with van der Waals surface area (Å²) in [5.74, 6) is -0.161. The van der Waals surface area contributed by atoms with E-state index in [1.54, 1.807) is 0 Å². The molecule has 2 aliphatic heterocycles. The van der Waals surface area contributed by atoms with Gasteiger partial charge in [0.05, 0.1) is 12.5 Å². The Balaban J connectivity index is 2.10. The van der Waals surface area contributed by atoms with Gasteiger partial charge in [-0.25, -0.2) is 4.79 Å². The number of carbonyl (C=O) groups is 2. The van der Waals surface area contributed by atoms with Gasteiger partial charge in [-0.15, -0.1) is 0 Å². The van der Waals surface area contributed by atoms with Crippen LogP contribution in [0, 0.1) is 11.3 Å². The molecular weight excluding hydrogens is 220 g/mol. The molecule has 1 N–H and O–H groups in total. The van der Waals surface area contributed by atoms with E-state index in [-0.39, 0.29) is 24.9 Å². The summed E-state index contributed by atoms with van der Waals surface area (Å²) in [4.78, 5) is 27.3. The topological polar surface area (TPSA) is 76.4 Å². The smallest absolute Gasteiger partial charge is 0.323 e. The molecule has 0 atom stereocenters. The predicted molar refractivity (Wildman–Crippen MR) is 59.9 cm³/mol. The number of piperidine rings is 1. The number of likely N-dealkylation sites (tertiary alicyclic amines) is 1. The van der Waals surface area contributed by atoms with Gasteiger partial charge >= 0.3 is 6.03 Å². The first-order valence-electron chi connectivity index (χ1n) is 5.79. The molecule has 6 heteroatoms. The van der Waals surface area contributed by atoms with Crippen LogP contribution >= 0.6 is 0 Å². The van der Waals surface area contributed by atoms with E-state index in [1.807, 2.05) is 13.1 Å². The van der Waals surface area contributed by atoms with Crippen molar-refractivity contribution in [2.75, 3.05) is 26.7 Å². The van der Waals surface area contributed by atoms with Crippen LogP contribution in [0.25, 0.3) is 0 Å². The van der Waals surface area contributed by atoms with Crippen molar-refractivity contribution in [2.24, 2.45) is 0 Å². The van der Waals surface area contributed by atoms with E-state index >= 15 is 0 Å². The van der Waals surface area contributed by atoms with E-state index in [9.17, 15) is 9.59 Å². The van der Waals surface area contributed by atoms with E-state index in [0.29, 0.717) is 12.8 Å². The van der Waals surface area contributed by atoms with Crippen LogP contribution in [0.2, 0.25) is 0 Å². The van der Waals surface area contributed by atoms with Gasteiger partial charge in [-0.3, -0.25) is 9.69 Å².